The Kier molecular flexibility index (Phi) is 4.90. The van der Waals surface area contributed by atoms with Gasteiger partial charge in [-0.2, -0.15) is 0 Å². The summed E-state index contributed by atoms with van der Waals surface area (Å²) in [4.78, 5) is 2.47. The summed E-state index contributed by atoms with van der Waals surface area (Å²) in [5.41, 5.74) is 0.628. The first kappa shape index (κ1) is 12.0. The Hall–Kier alpha value is -0.0800. The molecule has 1 N–H and O–H groups in total. The van der Waals surface area contributed by atoms with Gasteiger partial charge in [-0.15, -0.1) is 0 Å². The van der Waals surface area contributed by atoms with Gasteiger partial charge in [0.1, 0.15) is 0 Å². The fraction of sp³-hybridized carbons (Fsp3) is 1.00. The Morgan fingerprint density at radius 3 is 2.29 bits per heavy atom. The van der Waals surface area contributed by atoms with Gasteiger partial charge in [0.2, 0.25) is 0 Å². The van der Waals surface area contributed by atoms with Crippen LogP contribution in [0, 0.1) is 5.41 Å². The number of hydrogen-bond donors (Lipinski definition) is 1. The van der Waals surface area contributed by atoms with Crippen molar-refractivity contribution in [3.05, 3.63) is 0 Å². The lowest BCUT2D eigenvalue weighted by atomic mass is 9.70. The molecule has 14 heavy (non-hydrogen) atoms. The van der Waals surface area contributed by atoms with Crippen LogP contribution in [-0.2, 0) is 0 Å². The van der Waals surface area contributed by atoms with Gasteiger partial charge in [-0.3, -0.25) is 0 Å². The molecule has 0 heterocycles. The minimum Gasteiger partial charge on any atom is -0.315 e. The van der Waals surface area contributed by atoms with Gasteiger partial charge in [0.05, 0.1) is 0 Å². The van der Waals surface area contributed by atoms with Crippen molar-refractivity contribution in [2.75, 3.05) is 32.7 Å². The molecule has 1 fully saturated rings. The average molecular weight is 198 g/mol. The third-order valence-electron chi connectivity index (χ3n) is 3.61. The largest absolute Gasteiger partial charge is 0.315 e. The van der Waals surface area contributed by atoms with Gasteiger partial charge in [0, 0.05) is 19.6 Å². The van der Waals surface area contributed by atoms with Crippen molar-refractivity contribution >= 4 is 0 Å². The van der Waals surface area contributed by atoms with Gasteiger partial charge in [-0.25, -0.2) is 0 Å². The van der Waals surface area contributed by atoms with Gasteiger partial charge in [-0.05, 0) is 31.3 Å². The summed E-state index contributed by atoms with van der Waals surface area (Å²) in [5, 5.41) is 3.59. The summed E-state index contributed by atoms with van der Waals surface area (Å²) < 4.78 is 0. The zero-order valence-corrected chi connectivity index (χ0v) is 10.1. The van der Waals surface area contributed by atoms with E-state index in [1.165, 1.54) is 45.4 Å². The zero-order chi connectivity index (χ0) is 10.4. The van der Waals surface area contributed by atoms with Crippen LogP contribution >= 0.6 is 0 Å². The Morgan fingerprint density at radius 2 is 1.86 bits per heavy atom. The van der Waals surface area contributed by atoms with E-state index >= 15 is 0 Å². The lowest BCUT2D eigenvalue weighted by Gasteiger charge is -2.38. The molecule has 1 rings (SSSR count). The molecule has 1 aliphatic carbocycles. The first-order valence-electron chi connectivity index (χ1n) is 6.13. The van der Waals surface area contributed by atoms with Crippen LogP contribution in [-0.4, -0.2) is 37.6 Å². The van der Waals surface area contributed by atoms with E-state index in [9.17, 15) is 0 Å². The van der Waals surface area contributed by atoms with Crippen molar-refractivity contribution in [3.8, 4) is 0 Å². The Labute approximate surface area is 89.1 Å². The third kappa shape index (κ3) is 3.58. The molecule has 1 saturated carbocycles. The van der Waals surface area contributed by atoms with Gasteiger partial charge in [-0.1, -0.05) is 27.2 Å². The highest BCUT2D eigenvalue weighted by atomic mass is 15.1. The molecule has 2 nitrogen and oxygen atoms in total. The van der Waals surface area contributed by atoms with Crippen molar-refractivity contribution in [1.82, 2.24) is 10.2 Å². The molecule has 0 amide bonds. The zero-order valence-electron chi connectivity index (χ0n) is 10.1. The molecule has 0 aromatic carbocycles. The molecule has 0 spiro atoms. The minimum absolute atomic E-state index is 0.628. The number of nitrogens with one attached hydrogen (secondary N) is 1. The van der Waals surface area contributed by atoms with Crippen molar-refractivity contribution in [2.24, 2.45) is 5.41 Å². The summed E-state index contributed by atoms with van der Waals surface area (Å²) in [6.07, 6.45) is 4.28. The first-order chi connectivity index (χ1) is 6.70. The maximum Gasteiger partial charge on any atom is 0.0107 e. The van der Waals surface area contributed by atoms with E-state index in [0.29, 0.717) is 5.41 Å². The predicted octanol–water partition coefficient (Wildman–Crippen LogP) is 2.11. The number of nitrogens with zero attached hydrogens (tertiary/aromatic N) is 1. The minimum atomic E-state index is 0.628. The molecule has 2 heteroatoms. The molecule has 0 saturated heterocycles. The lowest BCUT2D eigenvalue weighted by molar-refractivity contribution is 0.154. The van der Waals surface area contributed by atoms with Crippen molar-refractivity contribution in [1.29, 1.82) is 0 Å². The van der Waals surface area contributed by atoms with E-state index in [1.54, 1.807) is 0 Å². The van der Waals surface area contributed by atoms with Crippen LogP contribution in [0.5, 0.6) is 0 Å². The van der Waals surface area contributed by atoms with E-state index in [-0.39, 0.29) is 0 Å². The van der Waals surface area contributed by atoms with Gasteiger partial charge in [0.15, 0.2) is 0 Å². The predicted molar refractivity (Wildman–Crippen MR) is 62.6 cm³/mol. The summed E-state index contributed by atoms with van der Waals surface area (Å²) >= 11 is 0. The third-order valence-corrected chi connectivity index (χ3v) is 3.61. The highest BCUT2D eigenvalue weighted by Crippen LogP contribution is 2.39. The highest BCUT2D eigenvalue weighted by molar-refractivity contribution is 4.85. The molecule has 84 valence electrons. The van der Waals surface area contributed by atoms with E-state index in [2.05, 4.69) is 31.0 Å². The van der Waals surface area contributed by atoms with Crippen LogP contribution in [0.3, 0.4) is 0 Å². The number of hydrogen-bond acceptors (Lipinski definition) is 2. The smallest absolute Gasteiger partial charge is 0.0107 e. The normalized spacial score (nSPS) is 19.7. The quantitative estimate of drug-likeness (QED) is 0.630. The van der Waals surface area contributed by atoms with E-state index in [1.807, 2.05) is 0 Å². The molecule has 0 atom stereocenters. The maximum atomic E-state index is 3.59. The standard InChI is InChI=1S/C12H26N2/c1-4-14(5-2)10-9-13-11-12(3)7-6-8-12/h13H,4-11H2,1-3H3. The van der Waals surface area contributed by atoms with Crippen LogP contribution in [0.4, 0.5) is 0 Å². The van der Waals surface area contributed by atoms with Crippen LogP contribution in [0.1, 0.15) is 40.0 Å². The van der Waals surface area contributed by atoms with E-state index < -0.39 is 0 Å². The van der Waals surface area contributed by atoms with Crippen LogP contribution < -0.4 is 5.32 Å². The maximum absolute atomic E-state index is 3.59. The Morgan fingerprint density at radius 1 is 1.21 bits per heavy atom. The fourth-order valence-electron chi connectivity index (χ4n) is 2.12. The Bertz CT molecular complexity index is 148. The number of rotatable bonds is 7. The van der Waals surface area contributed by atoms with Crippen LogP contribution in [0.25, 0.3) is 0 Å². The lowest BCUT2D eigenvalue weighted by Crippen LogP contribution is -2.40. The van der Waals surface area contributed by atoms with Gasteiger partial charge >= 0.3 is 0 Å². The van der Waals surface area contributed by atoms with Crippen LogP contribution in [0.15, 0.2) is 0 Å². The molecule has 1 aliphatic rings. The SMILES string of the molecule is CCN(CC)CCNCC1(C)CCC1. The molecule has 0 aromatic rings. The summed E-state index contributed by atoms with van der Waals surface area (Å²) in [7, 11) is 0. The molecule has 0 unspecified atom stereocenters. The topological polar surface area (TPSA) is 15.3 Å². The fourth-order valence-corrected chi connectivity index (χ4v) is 2.12. The van der Waals surface area contributed by atoms with E-state index in [4.69, 9.17) is 0 Å². The van der Waals surface area contributed by atoms with Gasteiger partial charge in [0.25, 0.3) is 0 Å². The molecular formula is C12H26N2. The second-order valence-corrected chi connectivity index (χ2v) is 4.87. The first-order valence-corrected chi connectivity index (χ1v) is 6.13. The number of likely N-dealkylation sites (N-methyl/N-ethyl adjacent to an activating group) is 1. The van der Waals surface area contributed by atoms with Crippen molar-refractivity contribution in [3.63, 3.8) is 0 Å². The molecule has 0 bridgehead atoms. The Balaban J connectivity index is 1.98. The second kappa shape index (κ2) is 5.72. The van der Waals surface area contributed by atoms with E-state index in [0.717, 1.165) is 6.54 Å². The summed E-state index contributed by atoms with van der Waals surface area (Å²) in [6.45, 7) is 12.8. The molecule has 0 aromatic heterocycles. The summed E-state index contributed by atoms with van der Waals surface area (Å²) in [6, 6.07) is 0. The van der Waals surface area contributed by atoms with Gasteiger partial charge < -0.3 is 10.2 Å². The second-order valence-electron chi connectivity index (χ2n) is 4.87. The highest BCUT2D eigenvalue weighted by Gasteiger charge is 2.30. The van der Waals surface area contributed by atoms with Crippen molar-refractivity contribution in [2.45, 2.75) is 40.0 Å². The summed E-state index contributed by atoms with van der Waals surface area (Å²) in [5.74, 6) is 0. The monoisotopic (exact) mass is 198 g/mol. The molecule has 0 radical (unpaired) electrons. The van der Waals surface area contributed by atoms with Crippen molar-refractivity contribution < 1.29 is 0 Å². The van der Waals surface area contributed by atoms with Crippen LogP contribution in [0.2, 0.25) is 0 Å². The molecule has 0 aliphatic heterocycles. The average Bonchev–Trinajstić information content (AvgIpc) is 2.15. The molecular weight excluding hydrogens is 172 g/mol.